The Labute approximate surface area is 146 Å². The topological polar surface area (TPSA) is 39.1 Å². The molecule has 0 spiro atoms. The molecule has 1 aromatic carbocycles. The highest BCUT2D eigenvalue weighted by atomic mass is 28.4. The molecule has 2 aromatic rings. The maximum atomic E-state index is 6.40. The Morgan fingerprint density at radius 3 is 2.71 bits per heavy atom. The standard InChI is InChI=1S/C19H31N3OSi/c1-19(2,3)24(4,5)23-14-13-22-17-11-7-6-9-15(17)21-18(22)16-10-8-12-20-16/h6-7,9,11,16,20H,8,10,12-14H2,1-5H3. The van der Waals surface area contributed by atoms with Crippen LogP contribution in [0.25, 0.3) is 11.0 Å². The Balaban J connectivity index is 1.81. The van der Waals surface area contributed by atoms with Crippen molar-refractivity contribution in [1.29, 1.82) is 0 Å². The molecule has 0 saturated carbocycles. The summed E-state index contributed by atoms with van der Waals surface area (Å²) in [5.74, 6) is 1.17. The van der Waals surface area contributed by atoms with E-state index in [1.807, 2.05) is 0 Å². The van der Waals surface area contributed by atoms with Crippen LogP contribution in [0.3, 0.4) is 0 Å². The summed E-state index contributed by atoms with van der Waals surface area (Å²) in [6, 6.07) is 8.83. The second kappa shape index (κ2) is 6.62. The minimum Gasteiger partial charge on any atom is -0.415 e. The molecule has 1 saturated heterocycles. The molecule has 1 atom stereocenters. The zero-order chi connectivity index (χ0) is 17.4. The average molecular weight is 346 g/mol. The first-order valence-corrected chi connectivity index (χ1v) is 12.0. The molecule has 1 N–H and O–H groups in total. The lowest BCUT2D eigenvalue weighted by molar-refractivity contribution is 0.270. The number of nitrogens with zero attached hydrogens (tertiary/aromatic N) is 2. The number of hydrogen-bond donors (Lipinski definition) is 1. The van der Waals surface area contributed by atoms with E-state index in [9.17, 15) is 0 Å². The molecule has 5 heteroatoms. The second-order valence-corrected chi connectivity index (χ2v) is 13.2. The van der Waals surface area contributed by atoms with E-state index in [1.165, 1.54) is 24.2 Å². The molecule has 1 fully saturated rings. The first-order valence-electron chi connectivity index (χ1n) is 9.12. The van der Waals surface area contributed by atoms with Gasteiger partial charge in [0.05, 0.1) is 23.7 Å². The number of para-hydroxylation sites is 2. The van der Waals surface area contributed by atoms with Gasteiger partial charge in [0.15, 0.2) is 8.32 Å². The largest absolute Gasteiger partial charge is 0.415 e. The quantitative estimate of drug-likeness (QED) is 0.812. The van der Waals surface area contributed by atoms with E-state index >= 15 is 0 Å². The van der Waals surface area contributed by atoms with Gasteiger partial charge in [0.2, 0.25) is 0 Å². The van der Waals surface area contributed by atoms with Crippen LogP contribution in [0.4, 0.5) is 0 Å². The lowest BCUT2D eigenvalue weighted by Gasteiger charge is -2.36. The van der Waals surface area contributed by atoms with Gasteiger partial charge < -0.3 is 14.3 Å². The van der Waals surface area contributed by atoms with Crippen LogP contribution < -0.4 is 5.32 Å². The van der Waals surface area contributed by atoms with Crippen LogP contribution in [-0.4, -0.2) is 31.0 Å². The number of fused-ring (bicyclic) bond motifs is 1. The Hall–Kier alpha value is -1.17. The third-order valence-corrected chi connectivity index (χ3v) is 10.2. The summed E-state index contributed by atoms with van der Waals surface area (Å²) < 4.78 is 8.77. The maximum Gasteiger partial charge on any atom is 0.192 e. The number of hydrogen-bond acceptors (Lipinski definition) is 3. The molecule has 0 aliphatic carbocycles. The minimum absolute atomic E-state index is 0.250. The smallest absolute Gasteiger partial charge is 0.192 e. The van der Waals surface area contributed by atoms with Crippen LogP contribution in [0.2, 0.25) is 18.1 Å². The van der Waals surface area contributed by atoms with Crippen molar-refractivity contribution >= 4 is 19.4 Å². The summed E-state index contributed by atoms with van der Waals surface area (Å²) in [5, 5.41) is 3.84. The predicted molar refractivity (Wildman–Crippen MR) is 103 cm³/mol. The van der Waals surface area contributed by atoms with Gasteiger partial charge in [0, 0.05) is 6.54 Å². The van der Waals surface area contributed by atoms with Crippen molar-refractivity contribution in [2.24, 2.45) is 0 Å². The molecule has 1 aliphatic rings. The molecule has 1 aromatic heterocycles. The lowest BCUT2D eigenvalue weighted by Crippen LogP contribution is -2.41. The molecule has 24 heavy (non-hydrogen) atoms. The highest BCUT2D eigenvalue weighted by molar-refractivity contribution is 6.74. The third kappa shape index (κ3) is 3.43. The summed E-state index contributed by atoms with van der Waals surface area (Å²) in [6.07, 6.45) is 2.40. The second-order valence-electron chi connectivity index (χ2n) is 8.37. The number of rotatable bonds is 5. The van der Waals surface area contributed by atoms with Gasteiger partial charge in [-0.15, -0.1) is 0 Å². The van der Waals surface area contributed by atoms with Crippen molar-refractivity contribution in [2.45, 2.75) is 64.3 Å². The fourth-order valence-electron chi connectivity index (χ4n) is 3.11. The van der Waals surface area contributed by atoms with Crippen molar-refractivity contribution in [2.75, 3.05) is 13.2 Å². The average Bonchev–Trinajstić information content (AvgIpc) is 3.13. The molecule has 3 rings (SSSR count). The predicted octanol–water partition coefficient (Wildman–Crippen LogP) is 4.48. The van der Waals surface area contributed by atoms with E-state index in [-0.39, 0.29) is 5.04 Å². The summed E-state index contributed by atoms with van der Waals surface area (Å²) in [5.41, 5.74) is 2.31. The van der Waals surface area contributed by atoms with Crippen LogP contribution >= 0.6 is 0 Å². The lowest BCUT2D eigenvalue weighted by atomic mass is 10.2. The molecule has 2 heterocycles. The molecule has 132 valence electrons. The summed E-state index contributed by atoms with van der Waals surface area (Å²) >= 11 is 0. The van der Waals surface area contributed by atoms with Crippen LogP contribution in [0.5, 0.6) is 0 Å². The van der Waals surface area contributed by atoms with Gasteiger partial charge in [0.1, 0.15) is 5.82 Å². The molecular weight excluding hydrogens is 314 g/mol. The van der Waals surface area contributed by atoms with Crippen molar-refractivity contribution in [3.63, 3.8) is 0 Å². The van der Waals surface area contributed by atoms with Crippen LogP contribution in [0.1, 0.15) is 45.5 Å². The fraction of sp³-hybridized carbons (Fsp3) is 0.632. The zero-order valence-electron chi connectivity index (χ0n) is 15.7. The van der Waals surface area contributed by atoms with Gasteiger partial charge in [-0.3, -0.25) is 0 Å². The minimum atomic E-state index is -1.70. The van der Waals surface area contributed by atoms with Crippen LogP contribution in [0.15, 0.2) is 24.3 Å². The fourth-order valence-corrected chi connectivity index (χ4v) is 4.14. The van der Waals surface area contributed by atoms with Gasteiger partial charge in [-0.2, -0.15) is 0 Å². The summed E-state index contributed by atoms with van der Waals surface area (Å²) in [6.45, 7) is 14.2. The van der Waals surface area contributed by atoms with E-state index in [2.05, 4.69) is 68.0 Å². The Morgan fingerprint density at radius 1 is 1.29 bits per heavy atom. The summed E-state index contributed by atoms with van der Waals surface area (Å²) in [7, 11) is -1.70. The first-order chi connectivity index (χ1) is 11.3. The molecule has 0 amide bonds. The van der Waals surface area contributed by atoms with E-state index in [0.717, 1.165) is 25.2 Å². The number of nitrogens with one attached hydrogen (secondary N) is 1. The van der Waals surface area contributed by atoms with Gasteiger partial charge in [0.25, 0.3) is 0 Å². The van der Waals surface area contributed by atoms with Crippen molar-refractivity contribution < 1.29 is 4.43 Å². The van der Waals surface area contributed by atoms with E-state index in [4.69, 9.17) is 9.41 Å². The van der Waals surface area contributed by atoms with Crippen molar-refractivity contribution in [1.82, 2.24) is 14.9 Å². The highest BCUT2D eigenvalue weighted by Crippen LogP contribution is 2.36. The van der Waals surface area contributed by atoms with Gasteiger partial charge in [-0.1, -0.05) is 32.9 Å². The first kappa shape index (κ1) is 17.6. The van der Waals surface area contributed by atoms with Crippen molar-refractivity contribution in [3.8, 4) is 0 Å². The molecule has 0 radical (unpaired) electrons. The molecular formula is C19H31N3OSi. The number of imidazole rings is 1. The zero-order valence-corrected chi connectivity index (χ0v) is 16.7. The third-order valence-electron chi connectivity index (χ3n) is 5.64. The van der Waals surface area contributed by atoms with Crippen LogP contribution in [0, 0.1) is 0 Å². The van der Waals surface area contributed by atoms with E-state index < -0.39 is 8.32 Å². The molecule has 0 bridgehead atoms. The maximum absolute atomic E-state index is 6.40. The monoisotopic (exact) mass is 345 g/mol. The van der Waals surface area contributed by atoms with Gasteiger partial charge in [-0.05, 0) is 49.7 Å². The van der Waals surface area contributed by atoms with Crippen molar-refractivity contribution in [3.05, 3.63) is 30.1 Å². The Morgan fingerprint density at radius 2 is 2.04 bits per heavy atom. The Kier molecular flexibility index (Phi) is 4.86. The SMILES string of the molecule is CC(C)(C)[Si](C)(C)OCCn1c(C2CCCN2)nc2ccccc21. The highest BCUT2D eigenvalue weighted by Gasteiger charge is 2.37. The van der Waals surface area contributed by atoms with E-state index in [1.54, 1.807) is 0 Å². The number of benzene rings is 1. The Bertz CT molecular complexity index is 696. The number of aromatic nitrogens is 2. The van der Waals surface area contributed by atoms with Gasteiger partial charge >= 0.3 is 0 Å². The van der Waals surface area contributed by atoms with Gasteiger partial charge in [-0.25, -0.2) is 4.98 Å². The molecule has 1 aliphatic heterocycles. The van der Waals surface area contributed by atoms with Crippen LogP contribution in [-0.2, 0) is 11.0 Å². The molecule has 4 nitrogen and oxygen atoms in total. The van der Waals surface area contributed by atoms with E-state index in [0.29, 0.717) is 6.04 Å². The normalized spacial score (nSPS) is 19.3. The summed E-state index contributed by atoms with van der Waals surface area (Å²) in [4.78, 5) is 4.91. The molecule has 1 unspecified atom stereocenters.